The Balaban J connectivity index is 1.53. The normalized spacial score (nSPS) is 10.7. The molecule has 118 valence electrons. The Morgan fingerprint density at radius 2 is 1.62 bits per heavy atom. The monoisotopic (exact) mass is 332 g/mol. The lowest BCUT2D eigenvalue weighted by Crippen LogP contribution is -1.99. The van der Waals surface area contributed by atoms with Gasteiger partial charge in [-0.05, 0) is 23.3 Å². The lowest BCUT2D eigenvalue weighted by atomic mass is 10.2. The number of thiophene rings is 1. The van der Waals surface area contributed by atoms with Gasteiger partial charge in [0, 0.05) is 4.88 Å². The van der Waals surface area contributed by atoms with E-state index in [1.807, 2.05) is 47.0 Å². The quantitative estimate of drug-likeness (QED) is 0.486. The van der Waals surface area contributed by atoms with Crippen molar-refractivity contribution in [2.45, 2.75) is 6.54 Å². The van der Waals surface area contributed by atoms with E-state index in [1.54, 1.807) is 23.9 Å². The van der Waals surface area contributed by atoms with Crippen LogP contribution in [-0.4, -0.2) is 9.55 Å². The second kappa shape index (κ2) is 6.72. The molecule has 0 fully saturated rings. The molecule has 0 radical (unpaired) electrons. The molecule has 0 saturated heterocycles. The van der Waals surface area contributed by atoms with E-state index in [-0.39, 0.29) is 0 Å². The van der Waals surface area contributed by atoms with Crippen molar-refractivity contribution in [2.75, 3.05) is 0 Å². The minimum absolute atomic E-state index is 0.743. The first-order chi connectivity index (χ1) is 11.9. The molecular weight excluding hydrogens is 316 g/mol. The van der Waals surface area contributed by atoms with Gasteiger partial charge < -0.3 is 4.74 Å². The number of hydrogen-bond acceptors (Lipinski definition) is 3. The highest BCUT2D eigenvalue weighted by atomic mass is 32.1. The average Bonchev–Trinajstić information content (AvgIpc) is 3.27. The second-order valence-corrected chi connectivity index (χ2v) is 6.48. The summed E-state index contributed by atoms with van der Waals surface area (Å²) < 4.78 is 8.05. The fourth-order valence-electron chi connectivity index (χ4n) is 2.53. The Bertz CT molecular complexity index is 913. The van der Waals surface area contributed by atoms with Crippen molar-refractivity contribution in [2.24, 2.45) is 0 Å². The summed E-state index contributed by atoms with van der Waals surface area (Å²) in [5, 5.41) is 0.865. The van der Waals surface area contributed by atoms with Crippen LogP contribution in [0.25, 0.3) is 10.4 Å². The second-order valence-electron chi connectivity index (χ2n) is 5.43. The van der Waals surface area contributed by atoms with Gasteiger partial charge in [0.1, 0.15) is 0 Å². The van der Waals surface area contributed by atoms with Crippen LogP contribution < -0.4 is 4.74 Å². The molecular formula is C20H16N2OS. The molecule has 0 N–H and O–H groups in total. The zero-order valence-electron chi connectivity index (χ0n) is 13.0. The Morgan fingerprint density at radius 3 is 2.42 bits per heavy atom. The Morgan fingerprint density at radius 1 is 0.875 bits per heavy atom. The zero-order chi connectivity index (χ0) is 16.2. The maximum atomic E-state index is 6.04. The molecule has 0 amide bonds. The van der Waals surface area contributed by atoms with Gasteiger partial charge in [0.15, 0.2) is 5.06 Å². The Labute approximate surface area is 144 Å². The van der Waals surface area contributed by atoms with Gasteiger partial charge in [-0.2, -0.15) is 0 Å². The van der Waals surface area contributed by atoms with Gasteiger partial charge in [0.05, 0.1) is 19.1 Å². The molecule has 3 nitrogen and oxygen atoms in total. The van der Waals surface area contributed by atoms with Gasteiger partial charge in [-0.25, -0.2) is 4.98 Å². The molecule has 2 aromatic carbocycles. The van der Waals surface area contributed by atoms with Crippen LogP contribution in [0.2, 0.25) is 0 Å². The van der Waals surface area contributed by atoms with Crippen molar-refractivity contribution in [3.63, 3.8) is 0 Å². The average molecular weight is 332 g/mol. The van der Waals surface area contributed by atoms with E-state index in [9.17, 15) is 0 Å². The molecule has 0 aliphatic carbocycles. The highest BCUT2D eigenvalue weighted by Gasteiger charge is 2.08. The predicted octanol–water partition coefficient (Wildman–Crippen LogP) is 5.45. The molecule has 0 saturated carbocycles. The van der Waals surface area contributed by atoms with Crippen LogP contribution in [0.3, 0.4) is 0 Å². The predicted molar refractivity (Wildman–Crippen MR) is 97.6 cm³/mol. The van der Waals surface area contributed by atoms with Crippen molar-refractivity contribution in [3.8, 4) is 21.4 Å². The summed E-state index contributed by atoms with van der Waals surface area (Å²) >= 11 is 1.64. The maximum Gasteiger partial charge on any atom is 0.221 e. The molecule has 0 spiro atoms. The van der Waals surface area contributed by atoms with Crippen LogP contribution >= 0.6 is 11.3 Å². The van der Waals surface area contributed by atoms with Crippen LogP contribution in [0.5, 0.6) is 10.9 Å². The van der Waals surface area contributed by atoms with Crippen LogP contribution in [0.4, 0.5) is 0 Å². The Hall–Kier alpha value is -2.85. The highest BCUT2D eigenvalue weighted by Crippen LogP contribution is 2.35. The molecule has 4 rings (SSSR count). The summed E-state index contributed by atoms with van der Waals surface area (Å²) in [6.45, 7) is 0.743. The molecule has 0 bridgehead atoms. The molecule has 0 aliphatic heterocycles. The summed E-state index contributed by atoms with van der Waals surface area (Å²) in [7, 11) is 0. The van der Waals surface area contributed by atoms with Crippen LogP contribution in [-0.2, 0) is 6.54 Å². The number of benzene rings is 2. The minimum Gasteiger partial charge on any atom is -0.428 e. The smallest absolute Gasteiger partial charge is 0.221 e. The van der Waals surface area contributed by atoms with Crippen LogP contribution in [0.1, 0.15) is 5.56 Å². The number of imidazole rings is 1. The molecule has 4 heteroatoms. The van der Waals surface area contributed by atoms with Gasteiger partial charge in [0.25, 0.3) is 0 Å². The van der Waals surface area contributed by atoms with E-state index < -0.39 is 0 Å². The van der Waals surface area contributed by atoms with Gasteiger partial charge in [0.2, 0.25) is 5.88 Å². The van der Waals surface area contributed by atoms with E-state index in [4.69, 9.17) is 4.74 Å². The van der Waals surface area contributed by atoms with Crippen molar-refractivity contribution < 1.29 is 4.74 Å². The lowest BCUT2D eigenvalue weighted by Gasteiger charge is -2.08. The summed E-state index contributed by atoms with van der Waals surface area (Å²) in [6.07, 6.45) is 3.55. The van der Waals surface area contributed by atoms with Crippen LogP contribution in [0, 0.1) is 0 Å². The molecule has 0 unspecified atom stereocenters. The first-order valence-electron chi connectivity index (χ1n) is 7.76. The third kappa shape index (κ3) is 3.24. The van der Waals surface area contributed by atoms with Crippen molar-refractivity contribution in [1.29, 1.82) is 0 Å². The molecule has 2 aromatic heterocycles. The first-order valence-corrected chi connectivity index (χ1v) is 8.57. The standard InChI is InChI=1S/C20H16N2OS/c1-3-7-16(8-4-1)14-22-15-21-13-19(22)23-20-12-11-18(24-20)17-9-5-2-6-10-17/h1-13,15H,14H2. The molecule has 2 heterocycles. The van der Waals surface area contributed by atoms with Gasteiger partial charge in [-0.15, -0.1) is 0 Å². The van der Waals surface area contributed by atoms with Crippen molar-refractivity contribution >= 4 is 11.3 Å². The topological polar surface area (TPSA) is 27.1 Å². The third-order valence-corrected chi connectivity index (χ3v) is 4.73. The summed E-state index contributed by atoms with van der Waals surface area (Å²) in [6, 6.07) is 24.7. The summed E-state index contributed by atoms with van der Waals surface area (Å²) in [4.78, 5) is 5.42. The zero-order valence-corrected chi connectivity index (χ0v) is 13.8. The largest absolute Gasteiger partial charge is 0.428 e. The molecule has 0 atom stereocenters. The van der Waals surface area contributed by atoms with Crippen LogP contribution in [0.15, 0.2) is 85.3 Å². The summed E-state index contributed by atoms with van der Waals surface area (Å²) in [5.41, 5.74) is 2.42. The van der Waals surface area contributed by atoms with Crippen molar-refractivity contribution in [1.82, 2.24) is 9.55 Å². The van der Waals surface area contributed by atoms with E-state index >= 15 is 0 Å². The molecule has 0 aliphatic rings. The number of rotatable bonds is 5. The minimum atomic E-state index is 0.743. The maximum absolute atomic E-state index is 6.04. The van der Waals surface area contributed by atoms with E-state index in [1.165, 1.54) is 16.0 Å². The first kappa shape index (κ1) is 14.7. The van der Waals surface area contributed by atoms with Gasteiger partial charge >= 0.3 is 0 Å². The highest BCUT2D eigenvalue weighted by molar-refractivity contribution is 7.17. The summed E-state index contributed by atoms with van der Waals surface area (Å²) in [5.74, 6) is 0.750. The number of nitrogens with zero attached hydrogens (tertiary/aromatic N) is 2. The molecule has 4 aromatic rings. The number of hydrogen-bond donors (Lipinski definition) is 0. The third-order valence-electron chi connectivity index (χ3n) is 3.71. The SMILES string of the molecule is c1ccc(Cn2cncc2Oc2ccc(-c3ccccc3)s2)cc1. The number of aromatic nitrogens is 2. The molecule has 24 heavy (non-hydrogen) atoms. The lowest BCUT2D eigenvalue weighted by molar-refractivity contribution is 0.447. The van der Waals surface area contributed by atoms with Crippen molar-refractivity contribution in [3.05, 3.63) is 90.9 Å². The van der Waals surface area contributed by atoms with E-state index in [0.717, 1.165) is 17.5 Å². The fraction of sp³-hybridized carbons (Fsp3) is 0.0500. The van der Waals surface area contributed by atoms with Gasteiger partial charge in [-0.1, -0.05) is 72.0 Å². The Kier molecular flexibility index (Phi) is 4.13. The fourth-order valence-corrected chi connectivity index (χ4v) is 3.40. The number of ether oxygens (including phenoxy) is 1. The van der Waals surface area contributed by atoms with E-state index in [2.05, 4.69) is 35.3 Å². The van der Waals surface area contributed by atoms with E-state index in [0.29, 0.717) is 0 Å². The van der Waals surface area contributed by atoms with Gasteiger partial charge in [-0.3, -0.25) is 4.57 Å².